The first kappa shape index (κ1) is 6.20. The Hall–Kier alpha value is -0.530. The van der Waals surface area contributed by atoms with E-state index in [0.717, 1.165) is 12.8 Å². The van der Waals surface area contributed by atoms with Crippen LogP contribution < -0.4 is 0 Å². The fraction of sp³-hybridized carbons (Fsp3) is 0.875. The molecule has 0 aromatic carbocycles. The van der Waals surface area contributed by atoms with E-state index in [0.29, 0.717) is 5.92 Å². The molecule has 2 fully saturated rings. The Balaban J connectivity index is 2.15. The fourth-order valence-electron chi connectivity index (χ4n) is 1.90. The molecule has 0 radical (unpaired) electrons. The molecule has 2 nitrogen and oxygen atoms in total. The highest BCUT2D eigenvalue weighted by atomic mass is 16.6. The summed E-state index contributed by atoms with van der Waals surface area (Å²) in [5, 5.41) is 0. The summed E-state index contributed by atoms with van der Waals surface area (Å²) in [5.41, 5.74) is 0. The molecule has 56 valence electrons. The van der Waals surface area contributed by atoms with Gasteiger partial charge in [0.05, 0.1) is 5.92 Å². The number of carbonyl (C=O) groups is 1. The van der Waals surface area contributed by atoms with Gasteiger partial charge in [-0.2, -0.15) is 0 Å². The molecule has 1 heterocycles. The molecule has 0 aromatic heterocycles. The summed E-state index contributed by atoms with van der Waals surface area (Å²) in [4.78, 5) is 11.0. The second-order valence-corrected chi connectivity index (χ2v) is 3.46. The van der Waals surface area contributed by atoms with Gasteiger partial charge in [0.2, 0.25) is 0 Å². The van der Waals surface area contributed by atoms with Crippen LogP contribution in [0.1, 0.15) is 26.2 Å². The topological polar surface area (TPSA) is 26.3 Å². The smallest absolute Gasteiger partial charge is 0.309 e. The van der Waals surface area contributed by atoms with E-state index in [9.17, 15) is 4.79 Å². The minimum Gasteiger partial charge on any atom is -0.462 e. The molecule has 1 aliphatic heterocycles. The predicted octanol–water partition coefficient (Wildman–Crippen LogP) is 1.35. The number of fused-ring (bicyclic) bond motifs is 2. The second kappa shape index (κ2) is 1.97. The zero-order chi connectivity index (χ0) is 7.14. The van der Waals surface area contributed by atoms with Crippen LogP contribution in [-0.2, 0) is 9.53 Å². The molecule has 1 aliphatic carbocycles. The van der Waals surface area contributed by atoms with Gasteiger partial charge in [-0.25, -0.2) is 0 Å². The number of carbonyl (C=O) groups excluding carboxylic acids is 1. The highest BCUT2D eigenvalue weighted by molar-refractivity contribution is 5.75. The molecule has 0 spiro atoms. The third-order valence-electron chi connectivity index (χ3n) is 2.72. The first-order valence-electron chi connectivity index (χ1n) is 3.98. The van der Waals surface area contributed by atoms with Crippen molar-refractivity contribution in [2.45, 2.75) is 32.3 Å². The summed E-state index contributed by atoms with van der Waals surface area (Å²) in [7, 11) is 0. The Morgan fingerprint density at radius 1 is 1.50 bits per heavy atom. The van der Waals surface area contributed by atoms with Crippen LogP contribution in [0.3, 0.4) is 0 Å². The maximum atomic E-state index is 11.0. The number of esters is 1. The lowest BCUT2D eigenvalue weighted by Crippen LogP contribution is -2.20. The molecular weight excluding hydrogens is 128 g/mol. The van der Waals surface area contributed by atoms with Gasteiger partial charge in [0.15, 0.2) is 0 Å². The van der Waals surface area contributed by atoms with Gasteiger partial charge in [0, 0.05) is 0 Å². The van der Waals surface area contributed by atoms with E-state index in [4.69, 9.17) is 4.74 Å². The number of rotatable bonds is 0. The summed E-state index contributed by atoms with van der Waals surface area (Å²) in [6.45, 7) is 2.17. The van der Waals surface area contributed by atoms with Crippen molar-refractivity contribution in [3.63, 3.8) is 0 Å². The first-order chi connectivity index (χ1) is 4.77. The molecule has 10 heavy (non-hydrogen) atoms. The molecular formula is C8H12O2. The molecule has 2 bridgehead atoms. The van der Waals surface area contributed by atoms with E-state index in [1.54, 1.807) is 0 Å². The first-order valence-corrected chi connectivity index (χ1v) is 3.98. The average Bonchev–Trinajstić information content (AvgIpc) is 2.21. The van der Waals surface area contributed by atoms with Gasteiger partial charge in [-0.05, 0) is 25.2 Å². The van der Waals surface area contributed by atoms with Crippen LogP contribution in [-0.4, -0.2) is 12.1 Å². The van der Waals surface area contributed by atoms with Crippen molar-refractivity contribution in [2.75, 3.05) is 0 Å². The SMILES string of the molecule is CC1CC[C@H]2C[C@@H]1OC2=O. The molecule has 2 heteroatoms. The molecule has 1 saturated heterocycles. The zero-order valence-corrected chi connectivity index (χ0v) is 6.17. The summed E-state index contributed by atoms with van der Waals surface area (Å²) in [5.74, 6) is 0.901. The van der Waals surface area contributed by atoms with Gasteiger partial charge in [-0.15, -0.1) is 0 Å². The van der Waals surface area contributed by atoms with E-state index < -0.39 is 0 Å². The quantitative estimate of drug-likeness (QED) is 0.475. The third-order valence-corrected chi connectivity index (χ3v) is 2.72. The van der Waals surface area contributed by atoms with Crippen LogP contribution in [0, 0.1) is 11.8 Å². The largest absolute Gasteiger partial charge is 0.462 e. The molecule has 0 N–H and O–H groups in total. The second-order valence-electron chi connectivity index (χ2n) is 3.46. The van der Waals surface area contributed by atoms with E-state index in [2.05, 4.69) is 6.92 Å². The summed E-state index contributed by atoms with van der Waals surface area (Å²) >= 11 is 0. The van der Waals surface area contributed by atoms with Gasteiger partial charge in [-0.1, -0.05) is 6.92 Å². The number of hydrogen-bond acceptors (Lipinski definition) is 2. The predicted molar refractivity (Wildman–Crippen MR) is 36.4 cm³/mol. The fourth-order valence-corrected chi connectivity index (χ4v) is 1.90. The van der Waals surface area contributed by atoms with Crippen LogP contribution in [0.2, 0.25) is 0 Å². The van der Waals surface area contributed by atoms with Crippen molar-refractivity contribution in [1.29, 1.82) is 0 Å². The molecule has 3 atom stereocenters. The van der Waals surface area contributed by atoms with Crippen molar-refractivity contribution >= 4 is 5.97 Å². The van der Waals surface area contributed by atoms with E-state index in [-0.39, 0.29) is 18.0 Å². The minimum absolute atomic E-state index is 0.0503. The van der Waals surface area contributed by atoms with Crippen LogP contribution in [0.4, 0.5) is 0 Å². The van der Waals surface area contributed by atoms with Crippen molar-refractivity contribution in [3.05, 3.63) is 0 Å². The Kier molecular flexibility index (Phi) is 1.22. The van der Waals surface area contributed by atoms with Gasteiger partial charge in [0.25, 0.3) is 0 Å². The van der Waals surface area contributed by atoms with E-state index in [1.165, 1.54) is 6.42 Å². The third kappa shape index (κ3) is 0.746. The van der Waals surface area contributed by atoms with Crippen LogP contribution >= 0.6 is 0 Å². The highest BCUT2D eigenvalue weighted by Gasteiger charge is 2.41. The lowest BCUT2D eigenvalue weighted by molar-refractivity contribution is -0.144. The zero-order valence-electron chi connectivity index (χ0n) is 6.17. The van der Waals surface area contributed by atoms with Crippen molar-refractivity contribution in [3.8, 4) is 0 Å². The van der Waals surface area contributed by atoms with Crippen molar-refractivity contribution < 1.29 is 9.53 Å². The van der Waals surface area contributed by atoms with Gasteiger partial charge < -0.3 is 4.74 Å². The monoisotopic (exact) mass is 140 g/mol. The van der Waals surface area contributed by atoms with Crippen molar-refractivity contribution in [2.24, 2.45) is 11.8 Å². The van der Waals surface area contributed by atoms with Gasteiger partial charge in [0.1, 0.15) is 6.10 Å². The molecule has 2 rings (SSSR count). The maximum Gasteiger partial charge on any atom is 0.309 e. The maximum absolute atomic E-state index is 11.0. The van der Waals surface area contributed by atoms with Crippen molar-refractivity contribution in [1.82, 2.24) is 0 Å². The van der Waals surface area contributed by atoms with E-state index >= 15 is 0 Å². The van der Waals surface area contributed by atoms with Crippen LogP contribution in [0.15, 0.2) is 0 Å². The standard InChI is InChI=1S/C8H12O2/c1-5-2-3-6-4-7(5)10-8(6)9/h5-7H,2-4H2,1H3/t5?,6-,7-/m0/s1. The van der Waals surface area contributed by atoms with Crippen LogP contribution in [0.5, 0.6) is 0 Å². The number of ether oxygens (including phenoxy) is 1. The minimum atomic E-state index is 0.0503. The lowest BCUT2D eigenvalue weighted by Gasteiger charge is -2.21. The van der Waals surface area contributed by atoms with Crippen LogP contribution in [0.25, 0.3) is 0 Å². The Morgan fingerprint density at radius 3 is 3.00 bits per heavy atom. The molecule has 0 amide bonds. The number of hydrogen-bond donors (Lipinski definition) is 0. The van der Waals surface area contributed by atoms with E-state index in [1.807, 2.05) is 0 Å². The normalized spacial score (nSPS) is 45.3. The van der Waals surface area contributed by atoms with Gasteiger partial charge >= 0.3 is 5.97 Å². The summed E-state index contributed by atoms with van der Waals surface area (Å²) in [6.07, 6.45) is 3.46. The highest BCUT2D eigenvalue weighted by Crippen LogP contribution is 2.37. The Labute approximate surface area is 60.6 Å². The Morgan fingerprint density at radius 2 is 2.30 bits per heavy atom. The molecule has 1 unspecified atom stereocenters. The molecule has 0 aromatic rings. The summed E-state index contributed by atoms with van der Waals surface area (Å²) in [6, 6.07) is 0. The lowest BCUT2D eigenvalue weighted by atomic mass is 9.83. The van der Waals surface area contributed by atoms with Gasteiger partial charge in [-0.3, -0.25) is 4.79 Å². The average molecular weight is 140 g/mol. The Bertz CT molecular complexity index is 165. The molecule has 1 saturated carbocycles. The summed E-state index contributed by atoms with van der Waals surface area (Å²) < 4.78 is 5.16. The molecule has 2 aliphatic rings.